The zero-order valence-corrected chi connectivity index (χ0v) is 17.0. The van der Waals surface area contributed by atoms with Crippen LogP contribution in [0.5, 0.6) is 0 Å². The molecule has 0 bridgehead atoms. The molecule has 2 rings (SSSR count). The molecule has 1 heterocycles. The van der Waals surface area contributed by atoms with Crippen LogP contribution in [0.15, 0.2) is 30.3 Å². The number of hydrogen-bond donors (Lipinski definition) is 1. The average molecular weight is 402 g/mol. The Labute approximate surface area is 169 Å². The second-order valence-corrected chi connectivity index (χ2v) is 6.83. The summed E-state index contributed by atoms with van der Waals surface area (Å²) in [6.07, 6.45) is -0.127. The molecule has 0 aliphatic carbocycles. The second-order valence-electron chi connectivity index (χ2n) is 6.83. The highest BCUT2D eigenvalue weighted by atomic mass is 16.6. The molecule has 2 atom stereocenters. The molecule has 0 saturated carbocycles. The fraction of sp³-hybridized carbons (Fsp3) is 0.450. The molecule has 0 spiro atoms. The molecule has 0 unspecified atom stereocenters. The van der Waals surface area contributed by atoms with Gasteiger partial charge in [0.1, 0.15) is 17.9 Å². The van der Waals surface area contributed by atoms with Crippen molar-refractivity contribution in [2.24, 2.45) is 0 Å². The van der Waals surface area contributed by atoms with Crippen LogP contribution in [0.3, 0.4) is 0 Å². The Hall–Kier alpha value is -3.23. The first-order valence-corrected chi connectivity index (χ1v) is 9.45. The van der Waals surface area contributed by atoms with Gasteiger partial charge in [-0.1, -0.05) is 37.3 Å². The van der Waals surface area contributed by atoms with Gasteiger partial charge in [-0.15, -0.1) is 0 Å². The third-order valence-electron chi connectivity index (χ3n) is 4.77. The lowest BCUT2D eigenvalue weighted by Gasteiger charge is -2.18. The molecular formula is C20H26N4O5. The summed E-state index contributed by atoms with van der Waals surface area (Å²) in [5.41, 5.74) is 1.48. The van der Waals surface area contributed by atoms with Gasteiger partial charge in [0.25, 0.3) is 5.91 Å². The van der Waals surface area contributed by atoms with E-state index < -0.39 is 22.9 Å². The molecule has 2 aromatic rings. The lowest BCUT2D eigenvalue weighted by atomic mass is 9.96. The number of aromatic nitrogens is 2. The summed E-state index contributed by atoms with van der Waals surface area (Å²) < 4.78 is 6.38. The monoisotopic (exact) mass is 402 g/mol. The normalized spacial score (nSPS) is 12.8. The van der Waals surface area contributed by atoms with E-state index in [-0.39, 0.29) is 29.5 Å². The van der Waals surface area contributed by atoms with E-state index in [2.05, 4.69) is 10.4 Å². The van der Waals surface area contributed by atoms with E-state index in [1.165, 1.54) is 25.5 Å². The highest BCUT2D eigenvalue weighted by Gasteiger charge is 2.25. The topological polar surface area (TPSA) is 116 Å². The summed E-state index contributed by atoms with van der Waals surface area (Å²) in [5.74, 6) is -0.923. The summed E-state index contributed by atoms with van der Waals surface area (Å²) in [4.78, 5) is 35.0. The third-order valence-corrected chi connectivity index (χ3v) is 4.77. The molecule has 1 N–H and O–H groups in total. The standard InChI is InChI=1S/C20H26N4O5/c1-5-16(17-9-7-6-8-10-17)11-21-20(26)15(4)29-18(25)12-23-14(3)19(24(27)28)13(2)22-23/h6-10,15-16H,5,11-12H2,1-4H3,(H,21,26)/t15-,16+/m1/s1. The molecule has 0 aliphatic heterocycles. The van der Waals surface area contributed by atoms with E-state index in [1.807, 2.05) is 37.3 Å². The first-order valence-electron chi connectivity index (χ1n) is 9.45. The van der Waals surface area contributed by atoms with Gasteiger partial charge in [-0.25, -0.2) is 0 Å². The number of esters is 1. The lowest BCUT2D eigenvalue weighted by Crippen LogP contribution is -2.38. The Morgan fingerprint density at radius 2 is 1.93 bits per heavy atom. The van der Waals surface area contributed by atoms with Gasteiger partial charge >= 0.3 is 11.7 Å². The van der Waals surface area contributed by atoms with Gasteiger partial charge in [0.15, 0.2) is 6.10 Å². The zero-order valence-electron chi connectivity index (χ0n) is 17.0. The summed E-state index contributed by atoms with van der Waals surface area (Å²) in [7, 11) is 0. The zero-order chi connectivity index (χ0) is 21.6. The van der Waals surface area contributed by atoms with Crippen molar-refractivity contribution in [3.8, 4) is 0 Å². The van der Waals surface area contributed by atoms with Crippen LogP contribution in [0.25, 0.3) is 0 Å². The number of hydrogen-bond acceptors (Lipinski definition) is 6. The Bertz CT molecular complexity index is 878. The van der Waals surface area contributed by atoms with Crippen molar-refractivity contribution < 1.29 is 19.2 Å². The van der Waals surface area contributed by atoms with Crippen molar-refractivity contribution in [1.82, 2.24) is 15.1 Å². The fourth-order valence-corrected chi connectivity index (χ4v) is 3.11. The minimum atomic E-state index is -0.984. The van der Waals surface area contributed by atoms with Crippen LogP contribution in [0, 0.1) is 24.0 Å². The van der Waals surface area contributed by atoms with Gasteiger partial charge in [0.05, 0.1) is 4.92 Å². The number of nitro groups is 1. The van der Waals surface area contributed by atoms with Crippen molar-refractivity contribution in [2.45, 2.75) is 52.7 Å². The predicted octanol–water partition coefficient (Wildman–Crippen LogP) is 2.65. The number of rotatable bonds is 9. The van der Waals surface area contributed by atoms with Crippen LogP contribution < -0.4 is 5.32 Å². The van der Waals surface area contributed by atoms with E-state index in [1.54, 1.807) is 0 Å². The molecule has 0 aliphatic rings. The SMILES string of the molecule is CC[C@@H](CNC(=O)[C@@H](C)OC(=O)Cn1nc(C)c([N+](=O)[O-])c1C)c1ccccc1. The highest BCUT2D eigenvalue weighted by Crippen LogP contribution is 2.22. The molecule has 1 amide bonds. The highest BCUT2D eigenvalue weighted by molar-refractivity contribution is 5.83. The predicted molar refractivity (Wildman–Crippen MR) is 106 cm³/mol. The number of ether oxygens (including phenoxy) is 1. The van der Waals surface area contributed by atoms with Crippen molar-refractivity contribution in [2.75, 3.05) is 6.54 Å². The minimum absolute atomic E-state index is 0.130. The molecule has 9 nitrogen and oxygen atoms in total. The molecule has 29 heavy (non-hydrogen) atoms. The Balaban J connectivity index is 1.90. The van der Waals surface area contributed by atoms with E-state index in [0.717, 1.165) is 12.0 Å². The number of carbonyl (C=O) groups is 2. The molecule has 1 aromatic carbocycles. The third kappa shape index (κ3) is 5.63. The minimum Gasteiger partial charge on any atom is -0.451 e. The first-order chi connectivity index (χ1) is 13.7. The molecule has 0 fully saturated rings. The van der Waals surface area contributed by atoms with Crippen LogP contribution in [0.2, 0.25) is 0 Å². The van der Waals surface area contributed by atoms with Crippen molar-refractivity contribution in [3.05, 3.63) is 57.4 Å². The summed E-state index contributed by atoms with van der Waals surface area (Å²) in [6, 6.07) is 9.86. The average Bonchev–Trinajstić information content (AvgIpc) is 2.95. The number of carbonyl (C=O) groups excluding carboxylic acids is 2. The Morgan fingerprint density at radius 1 is 1.28 bits per heavy atom. The van der Waals surface area contributed by atoms with Crippen LogP contribution in [0.4, 0.5) is 5.69 Å². The summed E-state index contributed by atoms with van der Waals surface area (Å²) in [6.45, 7) is 6.67. The van der Waals surface area contributed by atoms with Gasteiger partial charge in [-0.2, -0.15) is 5.10 Å². The van der Waals surface area contributed by atoms with Crippen LogP contribution >= 0.6 is 0 Å². The smallest absolute Gasteiger partial charge is 0.328 e. The first kappa shape index (κ1) is 22.1. The van der Waals surface area contributed by atoms with Crippen molar-refractivity contribution in [1.29, 1.82) is 0 Å². The maximum Gasteiger partial charge on any atom is 0.328 e. The molecule has 0 radical (unpaired) electrons. The number of nitrogens with zero attached hydrogens (tertiary/aromatic N) is 3. The van der Waals surface area contributed by atoms with Gasteiger partial charge < -0.3 is 10.1 Å². The fourth-order valence-electron chi connectivity index (χ4n) is 3.11. The summed E-state index contributed by atoms with van der Waals surface area (Å²) in [5, 5.41) is 17.9. The van der Waals surface area contributed by atoms with Crippen LogP contribution in [0.1, 0.15) is 43.1 Å². The van der Waals surface area contributed by atoms with Crippen LogP contribution in [-0.4, -0.2) is 39.2 Å². The van der Waals surface area contributed by atoms with E-state index in [0.29, 0.717) is 6.54 Å². The summed E-state index contributed by atoms with van der Waals surface area (Å²) >= 11 is 0. The van der Waals surface area contributed by atoms with Gasteiger partial charge in [0.2, 0.25) is 0 Å². The number of benzene rings is 1. The quantitative estimate of drug-likeness (QED) is 0.391. The van der Waals surface area contributed by atoms with Crippen molar-refractivity contribution in [3.63, 3.8) is 0 Å². The Morgan fingerprint density at radius 3 is 2.48 bits per heavy atom. The van der Waals surface area contributed by atoms with E-state index in [9.17, 15) is 19.7 Å². The van der Waals surface area contributed by atoms with E-state index in [4.69, 9.17) is 4.74 Å². The molecule has 9 heteroatoms. The molecule has 1 aromatic heterocycles. The maximum absolute atomic E-state index is 12.3. The molecule has 0 saturated heterocycles. The number of nitrogens with one attached hydrogen (secondary N) is 1. The lowest BCUT2D eigenvalue weighted by molar-refractivity contribution is -0.386. The van der Waals surface area contributed by atoms with Gasteiger partial charge in [0, 0.05) is 12.5 Å². The van der Waals surface area contributed by atoms with Gasteiger partial charge in [-0.05, 0) is 32.8 Å². The maximum atomic E-state index is 12.3. The largest absolute Gasteiger partial charge is 0.451 e. The van der Waals surface area contributed by atoms with Crippen LogP contribution in [-0.2, 0) is 20.9 Å². The van der Waals surface area contributed by atoms with Gasteiger partial charge in [-0.3, -0.25) is 24.4 Å². The Kier molecular flexibility index (Phi) is 7.46. The number of amides is 1. The van der Waals surface area contributed by atoms with E-state index >= 15 is 0 Å². The van der Waals surface area contributed by atoms with Crippen molar-refractivity contribution >= 4 is 17.6 Å². The molecular weight excluding hydrogens is 376 g/mol. The number of aryl methyl sites for hydroxylation is 1. The molecule has 156 valence electrons. The second kappa shape index (κ2) is 9.81.